The molecule has 23 heavy (non-hydrogen) atoms. The lowest BCUT2D eigenvalue weighted by Crippen LogP contribution is -2.22. The number of rotatable bonds is 4. The first kappa shape index (κ1) is 17.6. The maximum absolute atomic E-state index is 12.4. The summed E-state index contributed by atoms with van der Waals surface area (Å²) >= 11 is 11.8. The van der Waals surface area contributed by atoms with E-state index in [0.29, 0.717) is 5.56 Å². The number of nitrogens with one attached hydrogen (secondary N) is 1. The number of sulfonamides is 1. The minimum atomic E-state index is -3.92. The van der Waals surface area contributed by atoms with Crippen LogP contribution in [-0.2, 0) is 10.0 Å². The molecule has 0 aromatic heterocycles. The molecule has 0 aliphatic rings. The van der Waals surface area contributed by atoms with Crippen molar-refractivity contribution in [3.05, 3.63) is 58.1 Å². The van der Waals surface area contributed by atoms with Gasteiger partial charge in [0, 0.05) is 25.3 Å². The van der Waals surface area contributed by atoms with E-state index in [4.69, 9.17) is 23.2 Å². The van der Waals surface area contributed by atoms with Crippen molar-refractivity contribution in [3.63, 3.8) is 0 Å². The van der Waals surface area contributed by atoms with Crippen LogP contribution in [0.5, 0.6) is 0 Å². The monoisotopic (exact) mass is 372 g/mol. The highest BCUT2D eigenvalue weighted by molar-refractivity contribution is 7.92. The van der Waals surface area contributed by atoms with Gasteiger partial charge in [0.05, 0.1) is 10.0 Å². The van der Waals surface area contributed by atoms with Crippen molar-refractivity contribution < 1.29 is 13.2 Å². The van der Waals surface area contributed by atoms with Crippen LogP contribution in [0.4, 0.5) is 5.69 Å². The summed E-state index contributed by atoms with van der Waals surface area (Å²) < 4.78 is 27.3. The zero-order valence-electron chi connectivity index (χ0n) is 12.4. The van der Waals surface area contributed by atoms with Gasteiger partial charge in [0.15, 0.2) is 0 Å². The highest BCUT2D eigenvalue weighted by Crippen LogP contribution is 2.30. The van der Waals surface area contributed by atoms with Crippen LogP contribution < -0.4 is 4.72 Å². The molecular weight excluding hydrogens is 359 g/mol. The lowest BCUT2D eigenvalue weighted by molar-refractivity contribution is 0.0827. The Morgan fingerprint density at radius 3 is 2.39 bits per heavy atom. The minimum Gasteiger partial charge on any atom is -0.345 e. The molecule has 2 rings (SSSR count). The first-order chi connectivity index (χ1) is 10.7. The standard InChI is InChI=1S/C15H14Cl2N2O3S/c1-19(2)15(20)10-5-3-6-11(9-10)18-23(21,22)13-8-4-7-12(16)14(13)17/h3-9,18H,1-2H3. The zero-order valence-corrected chi connectivity index (χ0v) is 14.7. The van der Waals surface area contributed by atoms with Crippen LogP contribution >= 0.6 is 23.2 Å². The number of nitrogens with zero attached hydrogens (tertiary/aromatic N) is 1. The van der Waals surface area contributed by atoms with E-state index in [1.54, 1.807) is 32.3 Å². The first-order valence-electron chi connectivity index (χ1n) is 6.51. The van der Waals surface area contributed by atoms with E-state index in [2.05, 4.69) is 4.72 Å². The van der Waals surface area contributed by atoms with E-state index < -0.39 is 10.0 Å². The molecule has 2 aromatic carbocycles. The molecule has 8 heteroatoms. The maximum atomic E-state index is 12.4. The van der Waals surface area contributed by atoms with Gasteiger partial charge in [0.2, 0.25) is 0 Å². The predicted octanol–water partition coefficient (Wildman–Crippen LogP) is 3.50. The molecule has 0 aliphatic heterocycles. The van der Waals surface area contributed by atoms with E-state index in [-0.39, 0.29) is 26.5 Å². The fraction of sp³-hybridized carbons (Fsp3) is 0.133. The molecule has 0 bridgehead atoms. The quantitative estimate of drug-likeness (QED) is 0.892. The molecule has 0 heterocycles. The molecule has 1 N–H and O–H groups in total. The summed E-state index contributed by atoms with van der Waals surface area (Å²) in [5.41, 5.74) is 0.626. The van der Waals surface area contributed by atoms with E-state index >= 15 is 0 Å². The molecule has 0 fully saturated rings. The molecule has 0 saturated carbocycles. The largest absolute Gasteiger partial charge is 0.345 e. The zero-order chi connectivity index (χ0) is 17.2. The third kappa shape index (κ3) is 3.96. The van der Waals surface area contributed by atoms with Crippen LogP contribution in [0.3, 0.4) is 0 Å². The fourth-order valence-electron chi connectivity index (χ4n) is 1.88. The number of hydrogen-bond acceptors (Lipinski definition) is 3. The van der Waals surface area contributed by atoms with Gasteiger partial charge in [-0.15, -0.1) is 0 Å². The maximum Gasteiger partial charge on any atom is 0.263 e. The summed E-state index contributed by atoms with van der Waals surface area (Å²) in [4.78, 5) is 13.2. The van der Waals surface area contributed by atoms with Gasteiger partial charge in [0.25, 0.3) is 15.9 Å². The number of halogens is 2. The minimum absolute atomic E-state index is 0.0535. The van der Waals surface area contributed by atoms with Gasteiger partial charge in [0.1, 0.15) is 4.90 Å². The summed E-state index contributed by atoms with van der Waals surface area (Å²) in [6, 6.07) is 10.5. The smallest absolute Gasteiger partial charge is 0.263 e. The van der Waals surface area contributed by atoms with Gasteiger partial charge in [-0.05, 0) is 30.3 Å². The number of carbonyl (C=O) groups excluding carboxylic acids is 1. The van der Waals surface area contributed by atoms with Gasteiger partial charge >= 0.3 is 0 Å². The summed E-state index contributed by atoms with van der Waals surface area (Å²) in [6.07, 6.45) is 0. The molecule has 0 saturated heterocycles. The molecule has 1 amide bonds. The van der Waals surface area contributed by atoms with Crippen LogP contribution in [0, 0.1) is 0 Å². The van der Waals surface area contributed by atoms with Crippen molar-refractivity contribution in [3.8, 4) is 0 Å². The van der Waals surface area contributed by atoms with Crippen LogP contribution in [0.15, 0.2) is 47.4 Å². The highest BCUT2D eigenvalue weighted by Gasteiger charge is 2.20. The molecule has 0 spiro atoms. The fourth-order valence-corrected chi connectivity index (χ4v) is 3.69. The third-order valence-corrected chi connectivity index (χ3v) is 5.33. The van der Waals surface area contributed by atoms with Gasteiger partial charge in [-0.1, -0.05) is 35.3 Å². The average molecular weight is 373 g/mol. The highest BCUT2D eigenvalue weighted by atomic mass is 35.5. The normalized spacial score (nSPS) is 11.1. The van der Waals surface area contributed by atoms with Crippen LogP contribution in [0.1, 0.15) is 10.4 Å². The Morgan fingerprint density at radius 1 is 1.09 bits per heavy atom. The Morgan fingerprint density at radius 2 is 1.74 bits per heavy atom. The summed E-state index contributed by atoms with van der Waals surface area (Å²) in [6.45, 7) is 0. The lowest BCUT2D eigenvalue weighted by Gasteiger charge is -2.13. The van der Waals surface area contributed by atoms with Crippen molar-refractivity contribution in [2.75, 3.05) is 18.8 Å². The number of benzene rings is 2. The third-order valence-electron chi connectivity index (χ3n) is 2.97. The van der Waals surface area contributed by atoms with Gasteiger partial charge < -0.3 is 4.90 Å². The average Bonchev–Trinajstić information content (AvgIpc) is 2.48. The first-order valence-corrected chi connectivity index (χ1v) is 8.75. The van der Waals surface area contributed by atoms with E-state index in [1.165, 1.54) is 29.2 Å². The Labute approximate surface area is 144 Å². The van der Waals surface area contributed by atoms with Crippen LogP contribution in [0.25, 0.3) is 0 Å². The summed E-state index contributed by atoms with van der Waals surface area (Å²) in [7, 11) is -0.689. The number of amides is 1. The molecular formula is C15H14Cl2N2O3S. The summed E-state index contributed by atoms with van der Waals surface area (Å²) in [5.74, 6) is -0.230. The Bertz CT molecular complexity index is 852. The second-order valence-corrected chi connectivity index (χ2v) is 7.37. The van der Waals surface area contributed by atoms with Gasteiger partial charge in [-0.2, -0.15) is 0 Å². The second kappa shape index (κ2) is 6.78. The van der Waals surface area contributed by atoms with Gasteiger partial charge in [-0.25, -0.2) is 8.42 Å². The van der Waals surface area contributed by atoms with Crippen molar-refractivity contribution in [2.45, 2.75) is 4.90 Å². The molecule has 122 valence electrons. The Balaban J connectivity index is 2.37. The lowest BCUT2D eigenvalue weighted by atomic mass is 10.2. The molecule has 0 aliphatic carbocycles. The van der Waals surface area contributed by atoms with Crippen LogP contribution in [0.2, 0.25) is 10.0 Å². The molecule has 0 atom stereocenters. The predicted molar refractivity (Wildman–Crippen MR) is 91.7 cm³/mol. The van der Waals surface area contributed by atoms with Crippen molar-refractivity contribution in [1.82, 2.24) is 4.90 Å². The van der Waals surface area contributed by atoms with Crippen molar-refractivity contribution >= 4 is 44.8 Å². The topological polar surface area (TPSA) is 66.5 Å². The Kier molecular flexibility index (Phi) is 5.19. The molecule has 2 aromatic rings. The summed E-state index contributed by atoms with van der Waals surface area (Å²) in [5, 5.41) is 0.0910. The van der Waals surface area contributed by atoms with Crippen molar-refractivity contribution in [2.24, 2.45) is 0 Å². The van der Waals surface area contributed by atoms with Gasteiger partial charge in [-0.3, -0.25) is 9.52 Å². The number of carbonyl (C=O) groups is 1. The van der Waals surface area contributed by atoms with Crippen molar-refractivity contribution in [1.29, 1.82) is 0 Å². The van der Waals surface area contributed by atoms with E-state index in [1.807, 2.05) is 0 Å². The number of hydrogen-bond donors (Lipinski definition) is 1. The molecule has 0 unspecified atom stereocenters. The number of anilines is 1. The SMILES string of the molecule is CN(C)C(=O)c1cccc(NS(=O)(=O)c2cccc(Cl)c2Cl)c1. The molecule has 5 nitrogen and oxygen atoms in total. The molecule has 0 radical (unpaired) electrons. The Hall–Kier alpha value is -1.76. The van der Waals surface area contributed by atoms with Crippen LogP contribution in [-0.4, -0.2) is 33.3 Å². The van der Waals surface area contributed by atoms with E-state index in [9.17, 15) is 13.2 Å². The van der Waals surface area contributed by atoms with E-state index in [0.717, 1.165) is 0 Å². The second-order valence-electron chi connectivity index (χ2n) is 4.94.